The van der Waals surface area contributed by atoms with Crippen LogP contribution in [0.5, 0.6) is 0 Å². The third kappa shape index (κ3) is 6.62. The molecule has 0 saturated carbocycles. The molecule has 2 aromatic rings. The smallest absolute Gasteiger partial charge is 0.220 e. The normalized spacial score (nSPS) is 12.1. The van der Waals surface area contributed by atoms with Gasteiger partial charge in [0.1, 0.15) is 0 Å². The van der Waals surface area contributed by atoms with E-state index in [9.17, 15) is 13.2 Å². The average Bonchev–Trinajstić information content (AvgIpc) is 2.60. The van der Waals surface area contributed by atoms with Crippen LogP contribution in [-0.4, -0.2) is 34.2 Å². The van der Waals surface area contributed by atoms with Crippen molar-refractivity contribution in [2.75, 3.05) is 19.8 Å². The molecule has 5 nitrogen and oxygen atoms in total. The molecular formula is C21H29ClN2O3S. The maximum Gasteiger partial charge on any atom is 0.220 e. The summed E-state index contributed by atoms with van der Waals surface area (Å²) in [5, 5.41) is 6.12. The summed E-state index contributed by atoms with van der Waals surface area (Å²) in [6.07, 6.45) is 2.34. The minimum atomic E-state index is -3.32. The Hall–Kier alpha value is -1.89. The predicted molar refractivity (Wildman–Crippen MR) is 116 cm³/mol. The molecule has 7 heteroatoms. The van der Waals surface area contributed by atoms with Gasteiger partial charge in [-0.1, -0.05) is 35.9 Å². The number of aryl methyl sites for hydroxylation is 2. The number of hydrogen-bond donors (Lipinski definition) is 2. The third-order valence-electron chi connectivity index (χ3n) is 4.49. The number of benzene rings is 2. The minimum Gasteiger partial charge on any atom is -0.345 e. The van der Waals surface area contributed by atoms with Crippen molar-refractivity contribution in [3.8, 4) is 0 Å². The second kappa shape index (κ2) is 10.6. The molecule has 2 rings (SSSR count). The lowest BCUT2D eigenvalue weighted by molar-refractivity contribution is -0.121. The van der Waals surface area contributed by atoms with Gasteiger partial charge in [-0.25, -0.2) is 8.42 Å². The highest BCUT2D eigenvalue weighted by atomic mass is 35.5. The fraction of sp³-hybridized carbons (Fsp3) is 0.381. The van der Waals surface area contributed by atoms with Crippen LogP contribution in [0.3, 0.4) is 0 Å². The molecule has 0 saturated heterocycles. The largest absolute Gasteiger partial charge is 0.345 e. The fourth-order valence-corrected chi connectivity index (χ4v) is 3.75. The Morgan fingerprint density at radius 3 is 2.43 bits per heavy atom. The van der Waals surface area contributed by atoms with Crippen LogP contribution >= 0.6 is 12.4 Å². The van der Waals surface area contributed by atoms with Crippen molar-refractivity contribution in [2.24, 2.45) is 0 Å². The monoisotopic (exact) mass is 424 g/mol. The zero-order valence-corrected chi connectivity index (χ0v) is 18.4. The number of halogens is 1. The quantitative estimate of drug-likeness (QED) is 0.637. The lowest BCUT2D eigenvalue weighted by Gasteiger charge is -2.22. The van der Waals surface area contributed by atoms with Crippen molar-refractivity contribution >= 4 is 28.2 Å². The molecule has 154 valence electrons. The highest BCUT2D eigenvalue weighted by molar-refractivity contribution is 7.90. The van der Waals surface area contributed by atoms with E-state index in [0.717, 1.165) is 35.2 Å². The first-order valence-electron chi connectivity index (χ1n) is 9.03. The first-order chi connectivity index (χ1) is 12.7. The number of carbonyl (C=O) groups is 1. The van der Waals surface area contributed by atoms with Gasteiger partial charge in [0.05, 0.1) is 10.9 Å². The zero-order chi connectivity index (χ0) is 20.0. The first kappa shape index (κ1) is 24.1. The summed E-state index contributed by atoms with van der Waals surface area (Å²) >= 11 is 0. The Morgan fingerprint density at radius 1 is 1.11 bits per heavy atom. The minimum absolute atomic E-state index is 0. The van der Waals surface area contributed by atoms with E-state index in [0.29, 0.717) is 6.42 Å². The molecule has 2 aromatic carbocycles. The highest BCUT2D eigenvalue weighted by Crippen LogP contribution is 2.27. The summed E-state index contributed by atoms with van der Waals surface area (Å²) < 4.78 is 23.9. The second-order valence-electron chi connectivity index (χ2n) is 6.91. The molecule has 1 unspecified atom stereocenters. The predicted octanol–water partition coefficient (Wildman–Crippen LogP) is 3.33. The van der Waals surface area contributed by atoms with Crippen LogP contribution < -0.4 is 10.6 Å². The molecule has 28 heavy (non-hydrogen) atoms. The molecule has 0 radical (unpaired) electrons. The summed E-state index contributed by atoms with van der Waals surface area (Å²) in [6.45, 7) is 4.79. The van der Waals surface area contributed by atoms with E-state index in [1.807, 2.05) is 39.1 Å². The van der Waals surface area contributed by atoms with Crippen molar-refractivity contribution in [2.45, 2.75) is 37.6 Å². The molecule has 0 aliphatic carbocycles. The van der Waals surface area contributed by atoms with Crippen LogP contribution in [0.1, 0.15) is 41.1 Å². The van der Waals surface area contributed by atoms with Crippen LogP contribution in [-0.2, 0) is 14.6 Å². The van der Waals surface area contributed by atoms with Crippen molar-refractivity contribution in [3.63, 3.8) is 0 Å². The Morgan fingerprint density at radius 2 is 1.82 bits per heavy atom. The maximum absolute atomic E-state index is 12.5. The van der Waals surface area contributed by atoms with E-state index < -0.39 is 15.9 Å². The topological polar surface area (TPSA) is 75.3 Å². The molecule has 1 atom stereocenters. The van der Waals surface area contributed by atoms with E-state index in [1.165, 1.54) is 6.26 Å². The van der Waals surface area contributed by atoms with Crippen molar-refractivity contribution in [1.82, 2.24) is 10.6 Å². The maximum atomic E-state index is 12.5. The molecule has 0 aliphatic rings. The van der Waals surface area contributed by atoms with Crippen LogP contribution in [0.2, 0.25) is 0 Å². The summed E-state index contributed by atoms with van der Waals surface area (Å²) in [6, 6.07) is 12.5. The van der Waals surface area contributed by atoms with Gasteiger partial charge in [0.2, 0.25) is 5.91 Å². The molecule has 2 N–H and O–H groups in total. The number of amides is 1. The standard InChI is InChI=1S/C21H28N2O3S.ClH/c1-15-10-11-19(16(2)13-15)21(23-20(24)9-6-12-22-3)17-7-5-8-18(14-17)27(4,25)26;/h5,7-8,10-11,13-14,21-22H,6,9,12H2,1-4H3,(H,23,24);1H. The van der Waals surface area contributed by atoms with Gasteiger partial charge in [-0.15, -0.1) is 12.4 Å². The molecule has 0 heterocycles. The molecule has 0 spiro atoms. The Bertz CT molecular complexity index is 914. The summed E-state index contributed by atoms with van der Waals surface area (Å²) in [7, 11) is -1.47. The lowest BCUT2D eigenvalue weighted by Crippen LogP contribution is -2.30. The summed E-state index contributed by atoms with van der Waals surface area (Å²) in [5.41, 5.74) is 3.92. The summed E-state index contributed by atoms with van der Waals surface area (Å²) in [4.78, 5) is 12.7. The van der Waals surface area contributed by atoms with Gasteiger partial charge in [-0.2, -0.15) is 0 Å². The highest BCUT2D eigenvalue weighted by Gasteiger charge is 2.20. The van der Waals surface area contributed by atoms with Gasteiger partial charge in [-0.3, -0.25) is 4.79 Å². The van der Waals surface area contributed by atoms with Crippen LogP contribution in [0.25, 0.3) is 0 Å². The van der Waals surface area contributed by atoms with E-state index in [4.69, 9.17) is 0 Å². The molecule has 1 amide bonds. The molecular weight excluding hydrogens is 396 g/mol. The van der Waals surface area contributed by atoms with E-state index >= 15 is 0 Å². The van der Waals surface area contributed by atoms with Crippen LogP contribution in [0.4, 0.5) is 0 Å². The number of sulfone groups is 1. The van der Waals surface area contributed by atoms with Gasteiger partial charge >= 0.3 is 0 Å². The Labute approximate surface area is 174 Å². The first-order valence-corrected chi connectivity index (χ1v) is 10.9. The van der Waals surface area contributed by atoms with Crippen LogP contribution in [0.15, 0.2) is 47.4 Å². The second-order valence-corrected chi connectivity index (χ2v) is 8.93. The van der Waals surface area contributed by atoms with Crippen molar-refractivity contribution < 1.29 is 13.2 Å². The molecule has 0 fully saturated rings. The van der Waals surface area contributed by atoms with E-state index in [2.05, 4.69) is 16.7 Å². The molecule has 0 bridgehead atoms. The summed E-state index contributed by atoms with van der Waals surface area (Å²) in [5.74, 6) is -0.0556. The van der Waals surface area contributed by atoms with Gasteiger partial charge in [-0.05, 0) is 62.7 Å². The van der Waals surface area contributed by atoms with E-state index in [1.54, 1.807) is 18.2 Å². The SMILES string of the molecule is CNCCCC(=O)NC(c1cccc(S(C)(=O)=O)c1)c1ccc(C)cc1C.Cl. The third-order valence-corrected chi connectivity index (χ3v) is 5.60. The molecule has 0 aliphatic heterocycles. The van der Waals surface area contributed by atoms with Crippen LogP contribution in [0, 0.1) is 13.8 Å². The number of carbonyl (C=O) groups excluding carboxylic acids is 1. The number of nitrogens with one attached hydrogen (secondary N) is 2. The fourth-order valence-electron chi connectivity index (χ4n) is 3.07. The number of rotatable bonds is 8. The Kier molecular flexibility index (Phi) is 9.14. The van der Waals surface area contributed by atoms with Crippen molar-refractivity contribution in [1.29, 1.82) is 0 Å². The average molecular weight is 425 g/mol. The lowest BCUT2D eigenvalue weighted by atomic mass is 9.93. The zero-order valence-electron chi connectivity index (χ0n) is 16.8. The van der Waals surface area contributed by atoms with Gasteiger partial charge in [0.25, 0.3) is 0 Å². The van der Waals surface area contributed by atoms with E-state index in [-0.39, 0.29) is 23.2 Å². The van der Waals surface area contributed by atoms with Gasteiger partial charge < -0.3 is 10.6 Å². The van der Waals surface area contributed by atoms with Gasteiger partial charge in [0, 0.05) is 12.7 Å². The van der Waals surface area contributed by atoms with Gasteiger partial charge in [0.15, 0.2) is 9.84 Å². The number of hydrogen-bond acceptors (Lipinski definition) is 4. The molecule has 0 aromatic heterocycles. The Balaban J connectivity index is 0.00000392. The van der Waals surface area contributed by atoms with Crippen molar-refractivity contribution in [3.05, 3.63) is 64.7 Å².